The highest BCUT2D eigenvalue weighted by Gasteiger charge is 2.28. The molecule has 0 amide bonds. The Balaban J connectivity index is 2.23. The van der Waals surface area contributed by atoms with E-state index in [1.807, 2.05) is 0 Å². The highest BCUT2D eigenvalue weighted by molar-refractivity contribution is 6.17. The van der Waals surface area contributed by atoms with Gasteiger partial charge >= 0.3 is 0 Å². The van der Waals surface area contributed by atoms with Crippen LogP contribution in [0.5, 0.6) is 0 Å². The predicted octanol–water partition coefficient (Wildman–Crippen LogP) is 5.09. The molecule has 0 N–H and O–H groups in total. The molecule has 0 bridgehead atoms. The molecule has 2 nitrogen and oxygen atoms in total. The fourth-order valence-electron chi connectivity index (χ4n) is 3.44. The number of aromatic nitrogens is 1. The molecule has 2 heterocycles. The zero-order valence-corrected chi connectivity index (χ0v) is 14.9. The van der Waals surface area contributed by atoms with E-state index < -0.39 is 0 Å². The Labute approximate surface area is 134 Å². The average Bonchev–Trinajstić information content (AvgIpc) is 2.63. The molecule has 2 rings (SSSR count). The summed E-state index contributed by atoms with van der Waals surface area (Å²) in [6, 6.07) is 2.14. The van der Waals surface area contributed by atoms with Gasteiger partial charge in [-0.3, -0.25) is 0 Å². The van der Waals surface area contributed by atoms with E-state index >= 15 is 0 Å². The van der Waals surface area contributed by atoms with Crippen LogP contribution in [0.15, 0.2) is 6.07 Å². The number of rotatable bonds is 2. The van der Waals surface area contributed by atoms with Crippen LogP contribution in [0.2, 0.25) is 0 Å². The highest BCUT2D eigenvalue weighted by Crippen LogP contribution is 2.36. The summed E-state index contributed by atoms with van der Waals surface area (Å²) in [5, 5.41) is 0. The van der Waals surface area contributed by atoms with Crippen LogP contribution in [0.4, 0.5) is 5.82 Å². The zero-order chi connectivity index (χ0) is 15.6. The van der Waals surface area contributed by atoms with Gasteiger partial charge in [0, 0.05) is 24.3 Å². The maximum Gasteiger partial charge on any atom is 0.133 e. The van der Waals surface area contributed by atoms with Crippen molar-refractivity contribution in [3.63, 3.8) is 0 Å². The van der Waals surface area contributed by atoms with Gasteiger partial charge in [0.25, 0.3) is 0 Å². The van der Waals surface area contributed by atoms with Crippen LogP contribution in [-0.4, -0.2) is 18.1 Å². The van der Waals surface area contributed by atoms with Crippen molar-refractivity contribution in [2.24, 2.45) is 11.3 Å². The van der Waals surface area contributed by atoms with Crippen molar-refractivity contribution in [3.05, 3.63) is 22.9 Å². The number of nitrogens with zero attached hydrogens (tertiary/aromatic N) is 2. The van der Waals surface area contributed by atoms with E-state index in [0.29, 0.717) is 11.3 Å². The second kappa shape index (κ2) is 6.56. The van der Waals surface area contributed by atoms with E-state index in [4.69, 9.17) is 16.6 Å². The maximum absolute atomic E-state index is 6.18. The molecule has 0 spiro atoms. The van der Waals surface area contributed by atoms with Crippen LogP contribution >= 0.6 is 11.6 Å². The molecule has 1 atom stereocenters. The second-order valence-electron chi connectivity index (χ2n) is 7.50. The summed E-state index contributed by atoms with van der Waals surface area (Å²) in [4.78, 5) is 7.26. The lowest BCUT2D eigenvalue weighted by Crippen LogP contribution is -2.28. The number of pyridine rings is 1. The number of aryl methyl sites for hydroxylation is 2. The minimum Gasteiger partial charge on any atom is -0.356 e. The van der Waals surface area contributed by atoms with Gasteiger partial charge < -0.3 is 4.90 Å². The van der Waals surface area contributed by atoms with Crippen LogP contribution in [0.25, 0.3) is 0 Å². The van der Waals surface area contributed by atoms with Crippen molar-refractivity contribution in [2.45, 2.75) is 59.8 Å². The largest absolute Gasteiger partial charge is 0.356 e. The third-order valence-electron chi connectivity index (χ3n) is 4.84. The first-order valence-corrected chi connectivity index (χ1v) is 8.64. The first-order chi connectivity index (χ1) is 9.82. The zero-order valence-electron chi connectivity index (χ0n) is 14.2. The molecule has 0 aromatic carbocycles. The number of alkyl halides is 1. The molecule has 3 heteroatoms. The van der Waals surface area contributed by atoms with Gasteiger partial charge in [-0.05, 0) is 56.1 Å². The monoisotopic (exact) mass is 308 g/mol. The third-order valence-corrected chi connectivity index (χ3v) is 5.11. The van der Waals surface area contributed by atoms with E-state index in [1.54, 1.807) is 0 Å². The molecule has 1 aliphatic rings. The molecule has 1 aromatic rings. The Hall–Kier alpha value is -0.760. The minimum atomic E-state index is 0.404. The van der Waals surface area contributed by atoms with E-state index in [9.17, 15) is 0 Å². The molecule has 1 aliphatic heterocycles. The fourth-order valence-corrected chi connectivity index (χ4v) is 3.77. The molecule has 1 unspecified atom stereocenters. The molecule has 0 radical (unpaired) electrons. The lowest BCUT2D eigenvalue weighted by Gasteiger charge is -2.30. The summed E-state index contributed by atoms with van der Waals surface area (Å²) in [6.45, 7) is 13.5. The fraction of sp³-hybridized carbons (Fsp3) is 0.722. The maximum atomic E-state index is 6.18. The summed E-state index contributed by atoms with van der Waals surface area (Å²) in [7, 11) is 0. The first-order valence-electron chi connectivity index (χ1n) is 8.11. The van der Waals surface area contributed by atoms with E-state index in [-0.39, 0.29) is 0 Å². The van der Waals surface area contributed by atoms with Crippen molar-refractivity contribution in [2.75, 3.05) is 18.0 Å². The SMILES string of the molecule is Cc1cc(C)c(CCl)c(N2CCCC(C(C)(C)C)CC2)n1. The summed E-state index contributed by atoms with van der Waals surface area (Å²) >= 11 is 6.18. The lowest BCUT2D eigenvalue weighted by molar-refractivity contribution is 0.220. The van der Waals surface area contributed by atoms with E-state index in [1.165, 1.54) is 30.4 Å². The van der Waals surface area contributed by atoms with Crippen molar-refractivity contribution in [1.82, 2.24) is 4.98 Å². The first kappa shape index (κ1) is 16.6. The molecular formula is C18H29ClN2. The number of anilines is 1. The molecule has 1 saturated heterocycles. The molecule has 1 fully saturated rings. The van der Waals surface area contributed by atoms with Gasteiger partial charge in [-0.15, -0.1) is 11.6 Å². The summed E-state index contributed by atoms with van der Waals surface area (Å²) in [6.07, 6.45) is 3.82. The van der Waals surface area contributed by atoms with Crippen LogP contribution in [0.1, 0.15) is 56.9 Å². The van der Waals surface area contributed by atoms with Gasteiger partial charge in [0.15, 0.2) is 0 Å². The van der Waals surface area contributed by atoms with Gasteiger partial charge in [-0.2, -0.15) is 0 Å². The van der Waals surface area contributed by atoms with Crippen LogP contribution in [0, 0.1) is 25.2 Å². The van der Waals surface area contributed by atoms with Crippen LogP contribution < -0.4 is 4.90 Å². The van der Waals surface area contributed by atoms with Crippen molar-refractivity contribution < 1.29 is 0 Å². The van der Waals surface area contributed by atoms with Gasteiger partial charge in [0.05, 0.1) is 5.88 Å². The number of halogens is 1. The van der Waals surface area contributed by atoms with E-state index in [2.05, 4.69) is 45.6 Å². The van der Waals surface area contributed by atoms with Gasteiger partial charge in [-0.25, -0.2) is 4.98 Å². The quantitative estimate of drug-likeness (QED) is 0.707. The smallest absolute Gasteiger partial charge is 0.133 e. The van der Waals surface area contributed by atoms with Crippen molar-refractivity contribution in [3.8, 4) is 0 Å². The molecular weight excluding hydrogens is 280 g/mol. The molecule has 0 saturated carbocycles. The number of hydrogen-bond acceptors (Lipinski definition) is 2. The summed E-state index contributed by atoms with van der Waals surface area (Å²) < 4.78 is 0. The Bertz CT molecular complexity index is 491. The van der Waals surface area contributed by atoms with E-state index in [0.717, 1.165) is 30.5 Å². The summed E-state index contributed by atoms with van der Waals surface area (Å²) in [5.41, 5.74) is 3.97. The van der Waals surface area contributed by atoms with Gasteiger partial charge in [-0.1, -0.05) is 20.8 Å². The molecule has 1 aromatic heterocycles. The molecule has 118 valence electrons. The Kier molecular flexibility index (Phi) is 5.19. The molecule has 0 aliphatic carbocycles. The highest BCUT2D eigenvalue weighted by atomic mass is 35.5. The third kappa shape index (κ3) is 3.91. The van der Waals surface area contributed by atoms with Crippen molar-refractivity contribution in [1.29, 1.82) is 0 Å². The summed E-state index contributed by atoms with van der Waals surface area (Å²) in [5.74, 6) is 2.47. The Morgan fingerprint density at radius 2 is 1.95 bits per heavy atom. The Morgan fingerprint density at radius 1 is 1.24 bits per heavy atom. The standard InChI is InChI=1S/C18H29ClN2/c1-13-11-14(2)20-17(16(13)12-19)21-9-6-7-15(8-10-21)18(3,4)5/h11,15H,6-10,12H2,1-5H3. The normalized spacial score (nSPS) is 20.5. The second-order valence-corrected chi connectivity index (χ2v) is 7.76. The lowest BCUT2D eigenvalue weighted by atomic mass is 9.77. The van der Waals surface area contributed by atoms with Crippen LogP contribution in [-0.2, 0) is 5.88 Å². The Morgan fingerprint density at radius 3 is 2.57 bits per heavy atom. The average molecular weight is 309 g/mol. The number of hydrogen-bond donors (Lipinski definition) is 0. The van der Waals surface area contributed by atoms with Gasteiger partial charge in [0.2, 0.25) is 0 Å². The topological polar surface area (TPSA) is 16.1 Å². The van der Waals surface area contributed by atoms with Crippen LogP contribution in [0.3, 0.4) is 0 Å². The van der Waals surface area contributed by atoms with Crippen molar-refractivity contribution >= 4 is 17.4 Å². The van der Waals surface area contributed by atoms with Gasteiger partial charge in [0.1, 0.15) is 5.82 Å². The predicted molar refractivity (Wildman–Crippen MR) is 92.3 cm³/mol. The molecule has 21 heavy (non-hydrogen) atoms. The minimum absolute atomic E-state index is 0.404.